The molecule has 0 radical (unpaired) electrons. The molecule has 0 aliphatic rings. The summed E-state index contributed by atoms with van der Waals surface area (Å²) in [6.07, 6.45) is 0. The van der Waals surface area contributed by atoms with Crippen molar-refractivity contribution in [3.8, 4) is 34.0 Å². The van der Waals surface area contributed by atoms with Crippen LogP contribution in [0.5, 0.6) is 0 Å². The van der Waals surface area contributed by atoms with Gasteiger partial charge < -0.3 is 9.13 Å². The molecule has 0 aliphatic carbocycles. The Kier molecular flexibility index (Phi) is 6.41. The fourth-order valence-electron chi connectivity index (χ4n) is 9.82. The van der Waals surface area contributed by atoms with Crippen LogP contribution < -0.4 is 0 Å². The van der Waals surface area contributed by atoms with Gasteiger partial charge in [0.1, 0.15) is 0 Å². The molecule has 0 fully saturated rings. The average molecular weight is 737 g/mol. The summed E-state index contributed by atoms with van der Waals surface area (Å²) in [7, 11) is 0. The van der Waals surface area contributed by atoms with Crippen molar-refractivity contribution in [3.05, 3.63) is 194 Å². The Bertz CT molecular complexity index is 3780. The second-order valence-electron chi connectivity index (χ2n) is 15.3. The molecular formula is C54H32N4. The minimum absolute atomic E-state index is 0.708. The second kappa shape index (κ2) is 11.8. The van der Waals surface area contributed by atoms with E-state index in [4.69, 9.17) is 9.97 Å². The molecule has 3 heterocycles. The van der Waals surface area contributed by atoms with Gasteiger partial charge in [-0.1, -0.05) is 140 Å². The van der Waals surface area contributed by atoms with E-state index in [9.17, 15) is 0 Å². The van der Waals surface area contributed by atoms with E-state index in [0.717, 1.165) is 44.6 Å². The number of rotatable bonds is 4. The van der Waals surface area contributed by atoms with Crippen molar-refractivity contribution in [1.82, 2.24) is 19.1 Å². The summed E-state index contributed by atoms with van der Waals surface area (Å²) in [4.78, 5) is 10.8. The zero-order valence-electron chi connectivity index (χ0n) is 31.3. The van der Waals surface area contributed by atoms with Crippen molar-refractivity contribution >= 4 is 86.8 Å². The largest absolute Gasteiger partial charge is 0.309 e. The normalized spacial score (nSPS) is 12.1. The zero-order chi connectivity index (χ0) is 37.9. The van der Waals surface area contributed by atoms with E-state index < -0.39 is 0 Å². The summed E-state index contributed by atoms with van der Waals surface area (Å²) in [5, 5.41) is 13.4. The molecule has 13 rings (SSSR count). The van der Waals surface area contributed by atoms with Gasteiger partial charge in [-0.15, -0.1) is 0 Å². The van der Waals surface area contributed by atoms with Gasteiger partial charge in [0.05, 0.1) is 33.3 Å². The lowest BCUT2D eigenvalue weighted by Gasteiger charge is -2.14. The molecule has 0 saturated heterocycles. The Hall–Kier alpha value is -7.82. The summed E-state index contributed by atoms with van der Waals surface area (Å²) < 4.78 is 4.88. The number of hydrogen-bond acceptors (Lipinski definition) is 2. The molecular weight excluding hydrogens is 705 g/mol. The molecule has 0 bridgehead atoms. The molecule has 4 heteroatoms. The maximum Gasteiger partial charge on any atom is 0.162 e. The summed E-state index contributed by atoms with van der Waals surface area (Å²) >= 11 is 0. The Balaban J connectivity index is 1.22. The standard InChI is InChI=1S/C54H32N4/c1-3-15-33(16-4-1)52-42-24-11-13-25-45(42)55-54(56-52)43-29-28-41-38-21-9-10-23-40(38)49-37-20-8-7-17-34(37)31-48-51(49)50(41)53(43)58(48)36-27-30-47-44(32-36)39-22-12-14-26-46(39)57(47)35-18-5-2-6-19-35/h1-32H. The molecule has 0 aliphatic heterocycles. The van der Waals surface area contributed by atoms with Gasteiger partial charge in [0.15, 0.2) is 5.82 Å². The highest BCUT2D eigenvalue weighted by Crippen LogP contribution is 2.49. The number of para-hydroxylation sites is 3. The fourth-order valence-corrected chi connectivity index (χ4v) is 9.82. The van der Waals surface area contributed by atoms with Gasteiger partial charge >= 0.3 is 0 Å². The number of nitrogens with zero attached hydrogens (tertiary/aromatic N) is 4. The van der Waals surface area contributed by atoms with Crippen LogP contribution in [0, 0.1) is 0 Å². The first-order valence-electron chi connectivity index (χ1n) is 19.8. The molecule has 0 N–H and O–H groups in total. The van der Waals surface area contributed by atoms with E-state index in [0.29, 0.717) is 5.82 Å². The maximum atomic E-state index is 5.47. The molecule has 268 valence electrons. The molecule has 13 aromatic rings. The maximum absolute atomic E-state index is 5.47. The lowest BCUT2D eigenvalue weighted by atomic mass is 9.90. The smallest absolute Gasteiger partial charge is 0.162 e. The van der Waals surface area contributed by atoms with Gasteiger partial charge in [-0.2, -0.15) is 0 Å². The lowest BCUT2D eigenvalue weighted by Crippen LogP contribution is -1.99. The van der Waals surface area contributed by atoms with Crippen LogP contribution in [0.1, 0.15) is 0 Å². The molecule has 58 heavy (non-hydrogen) atoms. The molecule has 0 atom stereocenters. The van der Waals surface area contributed by atoms with Crippen molar-refractivity contribution in [1.29, 1.82) is 0 Å². The first kappa shape index (κ1) is 31.4. The van der Waals surface area contributed by atoms with Crippen molar-refractivity contribution in [3.63, 3.8) is 0 Å². The quantitative estimate of drug-likeness (QED) is 0.169. The van der Waals surface area contributed by atoms with Gasteiger partial charge in [0.2, 0.25) is 0 Å². The summed E-state index contributed by atoms with van der Waals surface area (Å²) in [5.41, 5.74) is 10.8. The lowest BCUT2D eigenvalue weighted by molar-refractivity contribution is 1.16. The number of aromatic nitrogens is 4. The highest BCUT2D eigenvalue weighted by Gasteiger charge is 2.26. The summed E-state index contributed by atoms with van der Waals surface area (Å²) in [6, 6.07) is 70.0. The first-order chi connectivity index (χ1) is 28.8. The van der Waals surface area contributed by atoms with Crippen LogP contribution >= 0.6 is 0 Å². The topological polar surface area (TPSA) is 35.6 Å². The Morgan fingerprint density at radius 1 is 0.345 bits per heavy atom. The van der Waals surface area contributed by atoms with Crippen LogP contribution in [0.4, 0.5) is 0 Å². The Morgan fingerprint density at radius 3 is 1.84 bits per heavy atom. The molecule has 10 aromatic carbocycles. The van der Waals surface area contributed by atoms with Crippen LogP contribution in [0.15, 0.2) is 194 Å². The molecule has 0 unspecified atom stereocenters. The highest BCUT2D eigenvalue weighted by molar-refractivity contribution is 6.40. The van der Waals surface area contributed by atoms with Crippen molar-refractivity contribution in [2.24, 2.45) is 0 Å². The number of benzene rings is 10. The van der Waals surface area contributed by atoms with Gasteiger partial charge in [-0.3, -0.25) is 0 Å². The van der Waals surface area contributed by atoms with Gasteiger partial charge in [0, 0.05) is 54.8 Å². The van der Waals surface area contributed by atoms with E-state index in [1.165, 1.54) is 70.4 Å². The fraction of sp³-hybridized carbons (Fsp3) is 0. The summed E-state index contributed by atoms with van der Waals surface area (Å²) in [5.74, 6) is 0.708. The second-order valence-corrected chi connectivity index (χ2v) is 15.3. The van der Waals surface area contributed by atoms with E-state index in [2.05, 4.69) is 203 Å². The van der Waals surface area contributed by atoms with Crippen LogP contribution in [0.3, 0.4) is 0 Å². The van der Waals surface area contributed by atoms with Crippen molar-refractivity contribution < 1.29 is 0 Å². The van der Waals surface area contributed by atoms with Crippen LogP contribution in [-0.2, 0) is 0 Å². The van der Waals surface area contributed by atoms with E-state index in [1.807, 2.05) is 0 Å². The van der Waals surface area contributed by atoms with E-state index in [-0.39, 0.29) is 0 Å². The Morgan fingerprint density at radius 2 is 1.00 bits per heavy atom. The molecule has 4 nitrogen and oxygen atoms in total. The minimum Gasteiger partial charge on any atom is -0.309 e. The SMILES string of the molecule is c1ccc(-c2nc(-c3ccc4c5ccccc5c5c6ccccc6cc6c5c4c3n6-c3ccc4c(c3)c3ccccc3n4-c3ccccc3)nc3ccccc23)cc1. The third kappa shape index (κ3) is 4.29. The van der Waals surface area contributed by atoms with Gasteiger partial charge in [-0.05, 0) is 81.5 Å². The third-order valence-electron chi connectivity index (χ3n) is 12.2. The third-order valence-corrected chi connectivity index (χ3v) is 12.2. The highest BCUT2D eigenvalue weighted by atomic mass is 15.0. The zero-order valence-corrected chi connectivity index (χ0v) is 31.3. The van der Waals surface area contributed by atoms with Crippen molar-refractivity contribution in [2.45, 2.75) is 0 Å². The monoisotopic (exact) mass is 736 g/mol. The molecule has 0 amide bonds. The molecule has 0 saturated carbocycles. The number of fused-ring (bicyclic) bond motifs is 9. The van der Waals surface area contributed by atoms with Crippen LogP contribution in [0.25, 0.3) is 121 Å². The van der Waals surface area contributed by atoms with E-state index in [1.54, 1.807) is 0 Å². The predicted octanol–water partition coefficient (Wildman–Crippen LogP) is 14.1. The Labute approximate surface area is 332 Å². The average Bonchev–Trinajstić information content (AvgIpc) is 3.81. The van der Waals surface area contributed by atoms with Gasteiger partial charge in [0.25, 0.3) is 0 Å². The number of hydrogen-bond donors (Lipinski definition) is 0. The summed E-state index contributed by atoms with van der Waals surface area (Å²) in [6.45, 7) is 0. The predicted molar refractivity (Wildman–Crippen MR) is 243 cm³/mol. The van der Waals surface area contributed by atoms with Gasteiger partial charge in [-0.25, -0.2) is 9.97 Å². The first-order valence-corrected chi connectivity index (χ1v) is 19.8. The van der Waals surface area contributed by atoms with Crippen molar-refractivity contribution in [2.75, 3.05) is 0 Å². The molecule has 3 aromatic heterocycles. The van der Waals surface area contributed by atoms with E-state index >= 15 is 0 Å². The minimum atomic E-state index is 0.708. The van der Waals surface area contributed by atoms with Crippen LogP contribution in [-0.4, -0.2) is 19.1 Å². The van der Waals surface area contributed by atoms with Crippen LogP contribution in [0.2, 0.25) is 0 Å². The molecule has 0 spiro atoms.